The summed E-state index contributed by atoms with van der Waals surface area (Å²) in [6.45, 7) is 3.77. The van der Waals surface area contributed by atoms with Crippen LogP contribution in [0, 0.1) is 19.7 Å². The van der Waals surface area contributed by atoms with Crippen LogP contribution in [0.1, 0.15) is 21.7 Å². The third-order valence-corrected chi connectivity index (χ3v) is 5.81. The van der Waals surface area contributed by atoms with Crippen LogP contribution >= 0.6 is 11.8 Å². The Morgan fingerprint density at radius 3 is 2.65 bits per heavy atom. The van der Waals surface area contributed by atoms with Gasteiger partial charge in [-0.15, -0.1) is 5.10 Å². The van der Waals surface area contributed by atoms with Gasteiger partial charge in [0.1, 0.15) is 11.6 Å². The van der Waals surface area contributed by atoms with E-state index in [1.165, 1.54) is 23.9 Å². The van der Waals surface area contributed by atoms with E-state index in [1.54, 1.807) is 13.2 Å². The highest BCUT2D eigenvalue weighted by Crippen LogP contribution is 2.25. The second-order valence-electron chi connectivity index (χ2n) is 7.01. The highest BCUT2D eigenvalue weighted by atomic mass is 32.2. The molecule has 0 saturated carbocycles. The molecule has 0 aliphatic rings. The summed E-state index contributed by atoms with van der Waals surface area (Å²) in [5, 5.41) is 7.60. The molecular weight excluding hydrogens is 415 g/mol. The number of nitrogens with zero attached hydrogens (tertiary/aromatic N) is 3. The Bertz CT molecular complexity index is 1230. The zero-order chi connectivity index (χ0) is 22.0. The molecule has 0 saturated heterocycles. The van der Waals surface area contributed by atoms with Gasteiger partial charge in [0.2, 0.25) is 5.16 Å². The van der Waals surface area contributed by atoms with E-state index in [2.05, 4.69) is 15.2 Å². The number of benzene rings is 2. The number of hydrogen-bond donors (Lipinski definition) is 1. The minimum absolute atomic E-state index is 0.0310. The molecule has 8 heteroatoms. The topological polar surface area (TPSA) is 72.8 Å². The quantitative estimate of drug-likeness (QED) is 0.326. The number of thioether (sulfide) groups is 1. The van der Waals surface area contributed by atoms with Crippen LogP contribution in [-0.4, -0.2) is 38.4 Å². The van der Waals surface area contributed by atoms with Gasteiger partial charge < -0.3 is 9.30 Å². The number of ether oxygens (including phenoxy) is 1. The maximum Gasteiger partial charge on any atom is 0.209 e. The van der Waals surface area contributed by atoms with Gasteiger partial charge >= 0.3 is 0 Å². The average Bonchev–Trinajstić information content (AvgIpc) is 3.36. The Balaban J connectivity index is 1.47. The minimum atomic E-state index is -0.314. The molecule has 0 atom stereocenters. The van der Waals surface area contributed by atoms with Crippen molar-refractivity contribution >= 4 is 17.5 Å². The van der Waals surface area contributed by atoms with Crippen LogP contribution in [0.2, 0.25) is 0 Å². The van der Waals surface area contributed by atoms with E-state index in [0.717, 1.165) is 22.7 Å². The van der Waals surface area contributed by atoms with E-state index in [-0.39, 0.29) is 17.4 Å². The fraction of sp³-hybridized carbons (Fsp3) is 0.174. The molecule has 0 unspecified atom stereocenters. The summed E-state index contributed by atoms with van der Waals surface area (Å²) in [6.07, 6.45) is 0. The molecule has 0 aliphatic heterocycles. The first kappa shape index (κ1) is 20.9. The molecule has 0 spiro atoms. The number of aromatic amines is 1. The summed E-state index contributed by atoms with van der Waals surface area (Å²) >= 11 is 1.27. The van der Waals surface area contributed by atoms with Crippen molar-refractivity contribution in [3.05, 3.63) is 77.4 Å². The molecule has 0 bridgehead atoms. The molecule has 0 radical (unpaired) electrons. The first-order valence-corrected chi connectivity index (χ1v) is 10.6. The SMILES string of the molecule is COc1ccc(-c2nc(SCC(=O)c3cc(C)n(-c4cccc(F)c4)c3C)n[nH]2)cc1. The number of hydrogen-bond acceptors (Lipinski definition) is 5. The van der Waals surface area contributed by atoms with E-state index in [1.807, 2.05) is 54.8 Å². The third kappa shape index (κ3) is 4.39. The van der Waals surface area contributed by atoms with Crippen molar-refractivity contribution in [2.75, 3.05) is 12.9 Å². The largest absolute Gasteiger partial charge is 0.497 e. The number of nitrogens with one attached hydrogen (secondary N) is 1. The normalized spacial score (nSPS) is 11.0. The van der Waals surface area contributed by atoms with Gasteiger partial charge in [-0.2, -0.15) is 0 Å². The van der Waals surface area contributed by atoms with Crippen LogP contribution in [0.15, 0.2) is 59.8 Å². The van der Waals surface area contributed by atoms with E-state index in [4.69, 9.17) is 4.74 Å². The van der Waals surface area contributed by atoms with Crippen LogP contribution < -0.4 is 4.74 Å². The smallest absolute Gasteiger partial charge is 0.209 e. The zero-order valence-corrected chi connectivity index (χ0v) is 18.2. The van der Waals surface area contributed by atoms with E-state index in [9.17, 15) is 9.18 Å². The molecule has 0 fully saturated rings. The van der Waals surface area contributed by atoms with Gasteiger partial charge in [0.25, 0.3) is 0 Å². The first-order valence-electron chi connectivity index (χ1n) is 9.64. The predicted octanol–water partition coefficient (Wildman–Crippen LogP) is 5.00. The van der Waals surface area contributed by atoms with Crippen molar-refractivity contribution in [3.8, 4) is 22.8 Å². The number of carbonyl (C=O) groups is 1. The third-order valence-electron chi connectivity index (χ3n) is 4.96. The summed E-state index contributed by atoms with van der Waals surface area (Å²) in [5.41, 5.74) is 3.84. The molecule has 0 amide bonds. The molecule has 31 heavy (non-hydrogen) atoms. The highest BCUT2D eigenvalue weighted by Gasteiger charge is 2.18. The van der Waals surface area contributed by atoms with Gasteiger partial charge in [-0.3, -0.25) is 9.89 Å². The van der Waals surface area contributed by atoms with E-state index >= 15 is 0 Å². The van der Waals surface area contributed by atoms with Crippen molar-refractivity contribution in [2.45, 2.75) is 19.0 Å². The van der Waals surface area contributed by atoms with Crippen molar-refractivity contribution < 1.29 is 13.9 Å². The van der Waals surface area contributed by atoms with E-state index < -0.39 is 0 Å². The number of aryl methyl sites for hydroxylation is 1. The average molecular weight is 437 g/mol. The second-order valence-corrected chi connectivity index (χ2v) is 7.95. The van der Waals surface area contributed by atoms with Crippen molar-refractivity contribution in [2.24, 2.45) is 0 Å². The summed E-state index contributed by atoms with van der Waals surface area (Å²) in [4.78, 5) is 17.3. The van der Waals surface area contributed by atoms with Crippen LogP contribution in [0.3, 0.4) is 0 Å². The Morgan fingerprint density at radius 1 is 1.16 bits per heavy atom. The van der Waals surface area contributed by atoms with E-state index in [0.29, 0.717) is 22.2 Å². The standard InChI is InChI=1S/C23H21FN4O2S/c1-14-11-20(15(2)28(14)18-6-4-5-17(24)12-18)21(29)13-31-23-25-22(26-27-23)16-7-9-19(30-3)10-8-16/h4-12H,13H2,1-3H3,(H,25,26,27). The summed E-state index contributed by atoms with van der Waals surface area (Å²) in [5.74, 6) is 1.25. The van der Waals surface area contributed by atoms with Gasteiger partial charge in [0.05, 0.1) is 12.9 Å². The number of rotatable bonds is 7. The molecule has 158 valence electrons. The summed E-state index contributed by atoms with van der Waals surface area (Å²) in [6, 6.07) is 15.6. The Hall–Kier alpha value is -3.39. The van der Waals surface area contributed by atoms with Crippen molar-refractivity contribution in [1.29, 1.82) is 0 Å². The molecular formula is C23H21FN4O2S. The van der Waals surface area contributed by atoms with Gasteiger partial charge in [-0.25, -0.2) is 9.37 Å². The molecule has 2 aromatic heterocycles. The molecule has 2 heterocycles. The molecule has 0 aliphatic carbocycles. The van der Waals surface area contributed by atoms with Gasteiger partial charge in [0, 0.05) is 28.2 Å². The Labute approximate surface area is 183 Å². The van der Waals surface area contributed by atoms with Crippen LogP contribution in [0.4, 0.5) is 4.39 Å². The number of aromatic nitrogens is 4. The number of Topliss-reactive ketones (excluding diaryl/α,β-unsaturated/α-hetero) is 1. The summed E-state index contributed by atoms with van der Waals surface area (Å²) in [7, 11) is 1.62. The first-order chi connectivity index (χ1) is 15.0. The number of H-pyrrole nitrogens is 1. The maximum atomic E-state index is 13.6. The fourth-order valence-corrected chi connectivity index (χ4v) is 4.14. The Morgan fingerprint density at radius 2 is 1.94 bits per heavy atom. The van der Waals surface area contributed by atoms with Gasteiger partial charge in [0.15, 0.2) is 11.6 Å². The number of ketones is 1. The lowest BCUT2D eigenvalue weighted by molar-refractivity contribution is 0.102. The monoisotopic (exact) mass is 436 g/mol. The number of halogens is 1. The molecule has 2 aromatic carbocycles. The minimum Gasteiger partial charge on any atom is -0.497 e. The number of carbonyl (C=O) groups excluding carboxylic acids is 1. The lowest BCUT2D eigenvalue weighted by atomic mass is 10.2. The molecule has 6 nitrogen and oxygen atoms in total. The second kappa shape index (κ2) is 8.77. The Kier molecular flexibility index (Phi) is 5.90. The van der Waals surface area contributed by atoms with Gasteiger partial charge in [-0.05, 0) is 62.4 Å². The number of methoxy groups -OCH3 is 1. The van der Waals surface area contributed by atoms with Crippen LogP contribution in [0.5, 0.6) is 5.75 Å². The fourth-order valence-electron chi connectivity index (χ4n) is 3.45. The van der Waals surface area contributed by atoms with Crippen LogP contribution in [-0.2, 0) is 0 Å². The predicted molar refractivity (Wildman–Crippen MR) is 119 cm³/mol. The molecule has 4 rings (SSSR count). The van der Waals surface area contributed by atoms with Crippen molar-refractivity contribution in [3.63, 3.8) is 0 Å². The van der Waals surface area contributed by atoms with Crippen LogP contribution in [0.25, 0.3) is 17.1 Å². The lowest BCUT2D eigenvalue weighted by Crippen LogP contribution is -2.06. The molecule has 4 aromatic rings. The van der Waals surface area contributed by atoms with Crippen molar-refractivity contribution in [1.82, 2.24) is 19.7 Å². The zero-order valence-electron chi connectivity index (χ0n) is 17.3. The maximum absolute atomic E-state index is 13.6. The highest BCUT2D eigenvalue weighted by molar-refractivity contribution is 7.99. The summed E-state index contributed by atoms with van der Waals surface area (Å²) < 4.78 is 20.7. The van der Waals surface area contributed by atoms with Gasteiger partial charge in [-0.1, -0.05) is 17.8 Å². The molecule has 1 N–H and O–H groups in total. The lowest BCUT2D eigenvalue weighted by Gasteiger charge is -2.09.